The summed E-state index contributed by atoms with van der Waals surface area (Å²) >= 11 is 0. The minimum Gasteiger partial charge on any atom is -0.396 e. The van der Waals surface area contributed by atoms with Gasteiger partial charge < -0.3 is 19.5 Å². The van der Waals surface area contributed by atoms with Crippen molar-refractivity contribution < 1.29 is 14.7 Å². The Hall–Kier alpha value is -2.93. The molecule has 172 valence electrons. The summed E-state index contributed by atoms with van der Waals surface area (Å²) in [6.07, 6.45) is 3.43. The van der Waals surface area contributed by atoms with Gasteiger partial charge in [0.2, 0.25) is 11.8 Å². The molecule has 4 aliphatic rings. The first-order valence-electron chi connectivity index (χ1n) is 12.0. The second-order valence-corrected chi connectivity index (χ2v) is 10.0. The van der Waals surface area contributed by atoms with E-state index in [9.17, 15) is 19.5 Å². The third-order valence-corrected chi connectivity index (χ3v) is 8.10. The average Bonchev–Trinajstić information content (AvgIpc) is 3.61. The first kappa shape index (κ1) is 20.7. The van der Waals surface area contributed by atoms with Crippen LogP contribution < -0.4 is 5.56 Å². The molecule has 0 spiro atoms. The second-order valence-electron chi connectivity index (χ2n) is 10.0. The van der Waals surface area contributed by atoms with Crippen molar-refractivity contribution in [3.8, 4) is 0 Å². The number of fused-ring (bicyclic) bond motifs is 5. The Labute approximate surface area is 192 Å². The Kier molecular flexibility index (Phi) is 4.91. The van der Waals surface area contributed by atoms with Crippen molar-refractivity contribution >= 4 is 11.8 Å². The minimum atomic E-state index is -0.552. The Balaban J connectivity index is 1.39. The smallest absolute Gasteiger partial charge is 0.250 e. The summed E-state index contributed by atoms with van der Waals surface area (Å²) in [6.45, 7) is 1.32. The summed E-state index contributed by atoms with van der Waals surface area (Å²) in [5.74, 6) is -0.485. The van der Waals surface area contributed by atoms with Gasteiger partial charge in [-0.25, -0.2) is 0 Å². The largest absolute Gasteiger partial charge is 0.396 e. The van der Waals surface area contributed by atoms with E-state index in [1.165, 1.54) is 11.6 Å². The van der Waals surface area contributed by atoms with Crippen LogP contribution in [-0.2, 0) is 29.1 Å². The van der Waals surface area contributed by atoms with Crippen LogP contribution in [0.3, 0.4) is 0 Å². The Morgan fingerprint density at radius 1 is 1.03 bits per heavy atom. The van der Waals surface area contributed by atoms with Crippen LogP contribution in [0.1, 0.15) is 42.1 Å². The number of aliphatic hydroxyl groups is 1. The lowest BCUT2D eigenvalue weighted by molar-refractivity contribution is -0.140. The first-order valence-corrected chi connectivity index (χ1v) is 12.0. The van der Waals surface area contributed by atoms with Gasteiger partial charge in [-0.2, -0.15) is 0 Å². The molecule has 0 unspecified atom stereocenters. The van der Waals surface area contributed by atoms with Gasteiger partial charge in [-0.05, 0) is 42.4 Å². The number of benzene rings is 1. The number of pyridine rings is 1. The van der Waals surface area contributed by atoms with E-state index in [2.05, 4.69) is 12.1 Å². The predicted octanol–water partition coefficient (Wildman–Crippen LogP) is 1.72. The highest BCUT2D eigenvalue weighted by molar-refractivity contribution is 5.85. The van der Waals surface area contributed by atoms with Crippen molar-refractivity contribution in [2.45, 2.75) is 50.9 Å². The lowest BCUT2D eigenvalue weighted by Crippen LogP contribution is -2.49. The molecule has 4 heterocycles. The third-order valence-electron chi connectivity index (χ3n) is 8.10. The van der Waals surface area contributed by atoms with Crippen LogP contribution in [0.2, 0.25) is 0 Å². The summed E-state index contributed by atoms with van der Waals surface area (Å²) in [4.78, 5) is 43.8. The molecule has 2 bridgehead atoms. The number of rotatable bonds is 4. The van der Waals surface area contributed by atoms with Gasteiger partial charge >= 0.3 is 0 Å². The molecule has 6 rings (SSSR count). The van der Waals surface area contributed by atoms with Crippen molar-refractivity contribution in [1.82, 2.24) is 14.4 Å². The highest BCUT2D eigenvalue weighted by Gasteiger charge is 2.58. The van der Waals surface area contributed by atoms with Gasteiger partial charge in [0.1, 0.15) is 0 Å². The van der Waals surface area contributed by atoms with E-state index < -0.39 is 12.0 Å². The van der Waals surface area contributed by atoms with E-state index in [1.54, 1.807) is 10.6 Å². The number of aliphatic hydroxyl groups excluding tert-OH is 1. The number of carbonyl (C=O) groups excluding carboxylic acids is 2. The molecule has 2 fully saturated rings. The molecular weight excluding hydrogens is 418 g/mol. The maximum atomic E-state index is 14.0. The quantitative estimate of drug-likeness (QED) is 0.774. The zero-order valence-corrected chi connectivity index (χ0v) is 18.6. The van der Waals surface area contributed by atoms with Crippen LogP contribution in [0.15, 0.2) is 47.3 Å². The highest BCUT2D eigenvalue weighted by Crippen LogP contribution is 2.50. The maximum absolute atomic E-state index is 14.0. The predicted molar refractivity (Wildman–Crippen MR) is 121 cm³/mol. The van der Waals surface area contributed by atoms with Crippen molar-refractivity contribution in [3.05, 3.63) is 69.6 Å². The minimum absolute atomic E-state index is 0.0231. The van der Waals surface area contributed by atoms with E-state index >= 15 is 0 Å². The van der Waals surface area contributed by atoms with Crippen LogP contribution >= 0.6 is 0 Å². The Bertz CT molecular complexity index is 1170. The average molecular weight is 448 g/mol. The molecule has 1 saturated carbocycles. The molecule has 4 atom stereocenters. The fraction of sp³-hybridized carbons (Fsp3) is 0.500. The number of hydrogen-bond donors (Lipinski definition) is 1. The Morgan fingerprint density at radius 3 is 2.58 bits per heavy atom. The van der Waals surface area contributed by atoms with Gasteiger partial charge in [0, 0.05) is 50.3 Å². The molecule has 1 aliphatic carbocycles. The molecule has 7 heteroatoms. The summed E-state index contributed by atoms with van der Waals surface area (Å²) in [5.41, 5.74) is 3.02. The van der Waals surface area contributed by atoms with E-state index in [-0.39, 0.29) is 35.9 Å². The molecule has 33 heavy (non-hydrogen) atoms. The lowest BCUT2D eigenvalue weighted by atomic mass is 9.85. The molecule has 0 radical (unpaired) electrons. The first-order chi connectivity index (χ1) is 16.1. The van der Waals surface area contributed by atoms with Crippen molar-refractivity contribution in [2.24, 2.45) is 17.8 Å². The SMILES string of the molecule is O=C([C@@H]1[C@@H](CO)[C@@H]2Cn3c(cccc3=O)[C@H]1N2C(=O)CC1CC1)N1CCc2ccccc2C1. The molecule has 1 N–H and O–H groups in total. The number of amides is 2. The normalized spacial score (nSPS) is 27.8. The van der Waals surface area contributed by atoms with Crippen molar-refractivity contribution in [1.29, 1.82) is 0 Å². The zero-order valence-electron chi connectivity index (χ0n) is 18.6. The molecule has 2 aromatic rings. The standard InChI is InChI=1S/C26H29N3O4/c30-15-19-21-14-28-20(6-3-7-22(28)31)25(29(21)23(32)12-16-8-9-16)24(19)26(33)27-11-10-17-4-1-2-5-18(17)13-27/h1-7,16,19,21,24-25,30H,8-15H2/t19-,21-,24+,25+/m0/s1. The zero-order chi connectivity index (χ0) is 22.7. The lowest BCUT2D eigenvalue weighted by Gasteiger charge is -2.39. The van der Waals surface area contributed by atoms with E-state index in [0.717, 1.165) is 30.5 Å². The molecule has 7 nitrogen and oxygen atoms in total. The summed E-state index contributed by atoms with van der Waals surface area (Å²) < 4.78 is 1.71. The number of hydrogen-bond acceptors (Lipinski definition) is 4. The summed E-state index contributed by atoms with van der Waals surface area (Å²) in [6, 6.07) is 12.4. The summed E-state index contributed by atoms with van der Waals surface area (Å²) in [5, 5.41) is 10.4. The molecule has 1 saturated heterocycles. The fourth-order valence-corrected chi connectivity index (χ4v) is 6.25. The molecular formula is C26H29N3O4. The molecule has 2 amide bonds. The molecule has 3 aliphatic heterocycles. The van der Waals surface area contributed by atoms with Gasteiger partial charge in [-0.1, -0.05) is 30.3 Å². The van der Waals surface area contributed by atoms with Crippen molar-refractivity contribution in [3.63, 3.8) is 0 Å². The van der Waals surface area contributed by atoms with Gasteiger partial charge in [0.15, 0.2) is 0 Å². The fourth-order valence-electron chi connectivity index (χ4n) is 6.25. The monoisotopic (exact) mass is 447 g/mol. The van der Waals surface area contributed by atoms with Gasteiger partial charge in [0.05, 0.1) is 18.0 Å². The van der Waals surface area contributed by atoms with Crippen molar-refractivity contribution in [2.75, 3.05) is 13.2 Å². The van der Waals surface area contributed by atoms with E-state index in [0.29, 0.717) is 32.0 Å². The number of nitrogens with zero attached hydrogens (tertiary/aromatic N) is 3. The number of carbonyl (C=O) groups is 2. The second kappa shape index (κ2) is 7.83. The van der Waals surface area contributed by atoms with Crippen LogP contribution in [0.4, 0.5) is 0 Å². The van der Waals surface area contributed by atoms with Gasteiger partial charge in [0.25, 0.3) is 5.56 Å². The van der Waals surface area contributed by atoms with E-state index in [4.69, 9.17) is 0 Å². The third kappa shape index (κ3) is 3.32. The van der Waals surface area contributed by atoms with E-state index in [1.807, 2.05) is 28.0 Å². The van der Waals surface area contributed by atoms with Crippen LogP contribution in [-0.4, -0.2) is 50.5 Å². The highest BCUT2D eigenvalue weighted by atomic mass is 16.3. The van der Waals surface area contributed by atoms with Gasteiger partial charge in [-0.3, -0.25) is 14.4 Å². The maximum Gasteiger partial charge on any atom is 0.250 e. The van der Waals surface area contributed by atoms with Crippen LogP contribution in [0.25, 0.3) is 0 Å². The van der Waals surface area contributed by atoms with Crippen LogP contribution in [0.5, 0.6) is 0 Å². The number of aromatic nitrogens is 1. The topological polar surface area (TPSA) is 82.8 Å². The van der Waals surface area contributed by atoms with Gasteiger partial charge in [-0.15, -0.1) is 0 Å². The Morgan fingerprint density at radius 2 is 1.82 bits per heavy atom. The molecule has 1 aromatic heterocycles. The summed E-state index contributed by atoms with van der Waals surface area (Å²) in [7, 11) is 0. The van der Waals surface area contributed by atoms with Crippen LogP contribution in [0, 0.1) is 17.8 Å². The molecule has 1 aromatic carbocycles.